The van der Waals surface area contributed by atoms with Gasteiger partial charge >= 0.3 is 7.60 Å². The summed E-state index contributed by atoms with van der Waals surface area (Å²) in [7, 11) is -2.07. The predicted octanol–water partition coefficient (Wildman–Crippen LogP) is 10.2. The summed E-state index contributed by atoms with van der Waals surface area (Å²) < 4.78 is 35.3. The molecule has 1 N–H and O–H groups in total. The third-order valence-electron chi connectivity index (χ3n) is 9.94. The lowest BCUT2D eigenvalue weighted by Gasteiger charge is -2.44. The van der Waals surface area contributed by atoms with Gasteiger partial charge in [0.2, 0.25) is 0 Å². The molecule has 2 aromatic carbocycles. The molecule has 0 heterocycles. The van der Waals surface area contributed by atoms with E-state index in [0.717, 1.165) is 42.6 Å². The van der Waals surface area contributed by atoms with Crippen molar-refractivity contribution in [1.82, 2.24) is 5.32 Å². The van der Waals surface area contributed by atoms with Crippen molar-refractivity contribution in [3.63, 3.8) is 0 Å². The highest BCUT2D eigenvalue weighted by Gasteiger charge is 2.47. The van der Waals surface area contributed by atoms with Gasteiger partial charge in [0, 0.05) is 6.04 Å². The van der Waals surface area contributed by atoms with Gasteiger partial charge in [0.25, 0.3) is 0 Å². The maximum atomic E-state index is 15.8. The van der Waals surface area contributed by atoms with Crippen molar-refractivity contribution >= 4 is 7.60 Å². The van der Waals surface area contributed by atoms with E-state index >= 15 is 4.57 Å². The second-order valence-electron chi connectivity index (χ2n) is 14.0. The topological polar surface area (TPSA) is 56.8 Å². The minimum absolute atomic E-state index is 0.0591. The number of rotatable bonds is 12. The Morgan fingerprint density at radius 2 is 1.21 bits per heavy atom. The second-order valence-corrected chi connectivity index (χ2v) is 16.0. The van der Waals surface area contributed by atoms with Crippen LogP contribution in [0.3, 0.4) is 0 Å². The average Bonchev–Trinajstić information content (AvgIpc) is 2.96. The van der Waals surface area contributed by atoms with Gasteiger partial charge in [-0.1, -0.05) is 96.8 Å². The van der Waals surface area contributed by atoms with E-state index in [-0.39, 0.29) is 18.2 Å². The molecule has 4 rings (SSSR count). The molecule has 0 radical (unpaired) electrons. The summed E-state index contributed by atoms with van der Waals surface area (Å²) in [6, 6.07) is 18.2. The van der Waals surface area contributed by atoms with Gasteiger partial charge in [-0.05, 0) is 91.4 Å². The number of nitrogens with one attached hydrogen (secondary N) is 1. The fraction of sp³-hybridized carbons (Fsp3) is 0.667. The van der Waals surface area contributed by atoms with Gasteiger partial charge < -0.3 is 13.8 Å². The molecule has 0 spiro atoms. The van der Waals surface area contributed by atoms with E-state index in [1.807, 2.05) is 30.3 Å². The SMILES string of the molecule is COc1ccc([C@H](N[C@H](C)c2ccccc2)P(=O)(O[C@@H]2C[C@H](C)CC[C@@H]2C(C)C)O[C@@H]2C[C@@H](C)CC[C@@H]2C(C)C)cc1. The summed E-state index contributed by atoms with van der Waals surface area (Å²) in [6.07, 6.45) is 6.19. The van der Waals surface area contributed by atoms with Gasteiger partial charge in [-0.2, -0.15) is 0 Å². The quantitative estimate of drug-likeness (QED) is 0.247. The summed E-state index contributed by atoms with van der Waals surface area (Å²) in [5.41, 5.74) is 2.04. The molecule has 9 atom stereocenters. The lowest BCUT2D eigenvalue weighted by molar-refractivity contribution is -0.00718. The molecular weight excluding hydrogens is 541 g/mol. The molecule has 2 aromatic rings. The van der Waals surface area contributed by atoms with E-state index in [1.54, 1.807) is 7.11 Å². The Morgan fingerprint density at radius 1 is 0.714 bits per heavy atom. The normalized spacial score (nSPS) is 29.7. The Kier molecular flexibility index (Phi) is 11.8. The maximum absolute atomic E-state index is 15.8. The molecule has 2 fully saturated rings. The average molecular weight is 598 g/mol. The van der Waals surface area contributed by atoms with Crippen LogP contribution in [0.4, 0.5) is 0 Å². The number of methoxy groups -OCH3 is 1. The summed E-state index contributed by atoms with van der Waals surface area (Å²) >= 11 is 0. The number of benzene rings is 2. The molecule has 0 saturated heterocycles. The molecule has 5 nitrogen and oxygen atoms in total. The fourth-order valence-corrected chi connectivity index (χ4v) is 9.70. The van der Waals surface area contributed by atoms with Crippen LogP contribution >= 0.6 is 7.60 Å². The Bertz CT molecular complexity index is 1100. The zero-order valence-corrected chi connectivity index (χ0v) is 28.2. The lowest BCUT2D eigenvalue weighted by Crippen LogP contribution is -2.38. The first-order valence-corrected chi connectivity index (χ1v) is 18.0. The highest BCUT2D eigenvalue weighted by atomic mass is 31.2. The summed E-state index contributed by atoms with van der Waals surface area (Å²) in [6.45, 7) is 15.8. The van der Waals surface area contributed by atoms with Gasteiger partial charge in [-0.15, -0.1) is 0 Å². The van der Waals surface area contributed by atoms with Crippen LogP contribution in [-0.2, 0) is 13.6 Å². The molecule has 234 valence electrons. The van der Waals surface area contributed by atoms with E-state index in [4.69, 9.17) is 13.8 Å². The van der Waals surface area contributed by atoms with Crippen molar-refractivity contribution in [2.45, 2.75) is 111 Å². The largest absolute Gasteiger partial charge is 0.497 e. The summed E-state index contributed by atoms with van der Waals surface area (Å²) in [5.74, 6) is 2.83. The fourth-order valence-electron chi connectivity index (χ4n) is 7.23. The Balaban J connectivity index is 1.79. The second kappa shape index (κ2) is 14.9. The van der Waals surface area contributed by atoms with E-state index in [1.165, 1.54) is 12.8 Å². The zero-order valence-electron chi connectivity index (χ0n) is 27.3. The molecule has 0 aliphatic heterocycles. The van der Waals surface area contributed by atoms with Gasteiger partial charge in [-0.3, -0.25) is 9.88 Å². The highest BCUT2D eigenvalue weighted by Crippen LogP contribution is 2.65. The predicted molar refractivity (Wildman–Crippen MR) is 174 cm³/mol. The van der Waals surface area contributed by atoms with Gasteiger partial charge in [-0.25, -0.2) is 0 Å². The van der Waals surface area contributed by atoms with Crippen LogP contribution in [0.15, 0.2) is 54.6 Å². The molecule has 2 aliphatic carbocycles. The van der Waals surface area contributed by atoms with Gasteiger partial charge in [0.15, 0.2) is 0 Å². The van der Waals surface area contributed by atoms with Crippen LogP contribution in [0, 0.1) is 35.5 Å². The molecule has 1 unspecified atom stereocenters. The van der Waals surface area contributed by atoms with Crippen molar-refractivity contribution in [3.8, 4) is 5.75 Å². The van der Waals surface area contributed by atoms with Crippen molar-refractivity contribution in [2.75, 3.05) is 7.11 Å². The first kappa shape index (κ1) is 33.2. The molecule has 2 aliphatic rings. The Hall–Kier alpha value is -1.65. The minimum Gasteiger partial charge on any atom is -0.497 e. The molecule has 42 heavy (non-hydrogen) atoms. The van der Waals surface area contributed by atoms with Crippen molar-refractivity contribution in [1.29, 1.82) is 0 Å². The molecule has 2 saturated carbocycles. The molecule has 6 heteroatoms. The molecule has 0 bridgehead atoms. The zero-order chi connectivity index (χ0) is 30.4. The van der Waals surface area contributed by atoms with E-state index in [0.29, 0.717) is 35.5 Å². The van der Waals surface area contributed by atoms with Crippen LogP contribution in [-0.4, -0.2) is 19.3 Å². The summed E-state index contributed by atoms with van der Waals surface area (Å²) in [5, 5.41) is 3.76. The minimum atomic E-state index is -3.75. The van der Waals surface area contributed by atoms with Crippen LogP contribution in [0.25, 0.3) is 0 Å². The standard InChI is InChI=1S/C36H56NO4P/c1-24(2)32-20-14-26(5)22-34(32)40-42(38,41-35-23-27(6)15-21-33(35)25(3)4)36(30-16-18-31(39-8)19-17-30)37-28(7)29-12-10-9-11-13-29/h9-13,16-19,24-28,32-37H,14-15,20-23H2,1-8H3/t26-,27+,28-,32-,33-,34-,35-,36-,42?/m1/s1. The molecule has 0 aromatic heterocycles. The first-order chi connectivity index (χ1) is 20.0. The maximum Gasteiger partial charge on any atom is 0.352 e. The van der Waals surface area contributed by atoms with E-state index in [9.17, 15) is 0 Å². The molecule has 0 amide bonds. The van der Waals surface area contributed by atoms with Crippen LogP contribution < -0.4 is 10.1 Å². The third kappa shape index (κ3) is 8.29. The number of hydrogen-bond acceptors (Lipinski definition) is 5. The van der Waals surface area contributed by atoms with Crippen molar-refractivity contribution in [2.24, 2.45) is 35.5 Å². The van der Waals surface area contributed by atoms with Crippen LogP contribution in [0.5, 0.6) is 5.75 Å². The number of hydrogen-bond donors (Lipinski definition) is 1. The summed E-state index contributed by atoms with van der Waals surface area (Å²) in [4.78, 5) is 0. The Labute approximate surface area is 256 Å². The highest BCUT2D eigenvalue weighted by molar-refractivity contribution is 7.54. The van der Waals surface area contributed by atoms with Gasteiger partial charge in [0.05, 0.1) is 19.3 Å². The van der Waals surface area contributed by atoms with Crippen molar-refractivity contribution in [3.05, 3.63) is 65.7 Å². The van der Waals surface area contributed by atoms with E-state index in [2.05, 4.69) is 78.0 Å². The molecular formula is C36H56NO4P. The van der Waals surface area contributed by atoms with Crippen LogP contribution in [0.1, 0.15) is 110 Å². The van der Waals surface area contributed by atoms with E-state index < -0.39 is 13.4 Å². The third-order valence-corrected chi connectivity index (χ3v) is 12.2. The number of ether oxygens (including phenoxy) is 1. The van der Waals surface area contributed by atoms with Gasteiger partial charge in [0.1, 0.15) is 11.5 Å². The monoisotopic (exact) mass is 597 g/mol. The van der Waals surface area contributed by atoms with Crippen LogP contribution in [0.2, 0.25) is 0 Å². The first-order valence-electron chi connectivity index (χ1n) is 16.4. The Morgan fingerprint density at radius 3 is 1.67 bits per heavy atom. The lowest BCUT2D eigenvalue weighted by atomic mass is 9.75. The van der Waals surface area contributed by atoms with Crippen molar-refractivity contribution < 1.29 is 18.3 Å². The smallest absolute Gasteiger partial charge is 0.352 e.